The molecule has 0 radical (unpaired) electrons. The largest absolute Gasteiger partial charge is 0.433 e. The third-order valence-corrected chi connectivity index (χ3v) is 3.37. The van der Waals surface area contributed by atoms with Crippen molar-refractivity contribution < 1.29 is 18.3 Å². The summed E-state index contributed by atoms with van der Waals surface area (Å²) in [5, 5.41) is 2.50. The summed E-state index contributed by atoms with van der Waals surface area (Å²) < 4.78 is 31.1. The van der Waals surface area contributed by atoms with Crippen LogP contribution in [0.5, 0.6) is 5.75 Å². The summed E-state index contributed by atoms with van der Waals surface area (Å²) in [5.74, 6) is -0.530. The Morgan fingerprint density at radius 2 is 2.00 bits per heavy atom. The van der Waals surface area contributed by atoms with E-state index in [0.29, 0.717) is 4.47 Å². The zero-order valence-electron chi connectivity index (χ0n) is 11.8. The SMILES string of the molecule is O=C(CCn1cc(Br)ccc1=O)Nc1ccccc1OC(F)F. The molecule has 0 fully saturated rings. The van der Waals surface area contributed by atoms with E-state index in [2.05, 4.69) is 26.0 Å². The summed E-state index contributed by atoms with van der Waals surface area (Å²) in [6.45, 7) is -2.81. The molecule has 0 aliphatic carbocycles. The highest BCUT2D eigenvalue weighted by molar-refractivity contribution is 9.10. The topological polar surface area (TPSA) is 60.3 Å². The van der Waals surface area contributed by atoms with Gasteiger partial charge in [-0.2, -0.15) is 8.78 Å². The molecule has 2 rings (SSSR count). The Morgan fingerprint density at radius 1 is 1.26 bits per heavy atom. The number of anilines is 1. The van der Waals surface area contributed by atoms with Crippen molar-refractivity contribution in [2.24, 2.45) is 0 Å². The minimum atomic E-state index is -2.98. The van der Waals surface area contributed by atoms with E-state index in [4.69, 9.17) is 0 Å². The predicted octanol–water partition coefficient (Wildman–Crippen LogP) is 3.24. The second kappa shape index (κ2) is 7.87. The van der Waals surface area contributed by atoms with Crippen molar-refractivity contribution in [3.8, 4) is 5.75 Å². The number of amides is 1. The average molecular weight is 387 g/mol. The standard InChI is InChI=1S/C15H13BrF2N2O3/c16-10-5-6-14(22)20(9-10)8-7-13(21)19-11-3-1-2-4-12(11)23-15(17)18/h1-6,9,15H,7-8H2,(H,19,21). The highest BCUT2D eigenvalue weighted by atomic mass is 79.9. The fourth-order valence-electron chi connectivity index (χ4n) is 1.88. The van der Waals surface area contributed by atoms with Crippen molar-refractivity contribution in [3.05, 3.63) is 57.4 Å². The quantitative estimate of drug-likeness (QED) is 0.828. The van der Waals surface area contributed by atoms with E-state index in [1.165, 1.54) is 28.8 Å². The maximum atomic E-state index is 12.3. The number of ether oxygens (including phenoxy) is 1. The van der Waals surface area contributed by atoms with Gasteiger partial charge in [0.05, 0.1) is 5.69 Å². The Balaban J connectivity index is 2.00. The number of para-hydroxylation sites is 2. The van der Waals surface area contributed by atoms with Crippen LogP contribution in [0.2, 0.25) is 0 Å². The molecule has 1 aromatic carbocycles. The van der Waals surface area contributed by atoms with Gasteiger partial charge in [0.1, 0.15) is 5.75 Å². The lowest BCUT2D eigenvalue weighted by Crippen LogP contribution is -2.22. The van der Waals surface area contributed by atoms with Crippen molar-refractivity contribution in [2.75, 3.05) is 5.32 Å². The van der Waals surface area contributed by atoms with Gasteiger partial charge in [-0.3, -0.25) is 9.59 Å². The molecule has 1 aromatic heterocycles. The van der Waals surface area contributed by atoms with Gasteiger partial charge in [0.25, 0.3) is 5.56 Å². The van der Waals surface area contributed by atoms with Crippen LogP contribution in [0.1, 0.15) is 6.42 Å². The number of halogens is 3. The number of hydrogen-bond acceptors (Lipinski definition) is 3. The average Bonchev–Trinajstić information content (AvgIpc) is 2.50. The molecular formula is C15H13BrF2N2O3. The Hall–Kier alpha value is -2.22. The summed E-state index contributed by atoms with van der Waals surface area (Å²) in [4.78, 5) is 23.6. The molecule has 8 heteroatoms. The second-order valence-electron chi connectivity index (χ2n) is 4.55. The molecule has 0 aliphatic rings. The lowest BCUT2D eigenvalue weighted by Gasteiger charge is -2.12. The fourth-order valence-corrected chi connectivity index (χ4v) is 2.26. The number of nitrogens with one attached hydrogen (secondary N) is 1. The van der Waals surface area contributed by atoms with Crippen LogP contribution in [0.4, 0.5) is 14.5 Å². The Bertz CT molecular complexity index is 749. The fraction of sp³-hybridized carbons (Fsp3) is 0.200. The molecule has 0 atom stereocenters. The number of aryl methyl sites for hydroxylation is 1. The summed E-state index contributed by atoms with van der Waals surface area (Å²) in [6.07, 6.45) is 1.59. The van der Waals surface area contributed by atoms with Crippen LogP contribution < -0.4 is 15.6 Å². The molecule has 0 unspecified atom stereocenters. The minimum Gasteiger partial charge on any atom is -0.433 e. The molecule has 0 bridgehead atoms. The monoisotopic (exact) mass is 386 g/mol. The van der Waals surface area contributed by atoms with Crippen LogP contribution in [0.15, 0.2) is 51.9 Å². The maximum Gasteiger partial charge on any atom is 0.387 e. The van der Waals surface area contributed by atoms with Crippen molar-refractivity contribution >= 4 is 27.5 Å². The molecule has 1 N–H and O–H groups in total. The van der Waals surface area contributed by atoms with Gasteiger partial charge in [-0.25, -0.2) is 0 Å². The summed E-state index contributed by atoms with van der Waals surface area (Å²) in [5.41, 5.74) is -0.0816. The van der Waals surface area contributed by atoms with E-state index in [9.17, 15) is 18.4 Å². The molecule has 0 aliphatic heterocycles. The smallest absolute Gasteiger partial charge is 0.387 e. The van der Waals surface area contributed by atoms with Gasteiger partial charge < -0.3 is 14.6 Å². The van der Waals surface area contributed by atoms with E-state index >= 15 is 0 Å². The molecule has 122 valence electrons. The molecule has 2 aromatic rings. The van der Waals surface area contributed by atoms with Crippen LogP contribution >= 0.6 is 15.9 Å². The van der Waals surface area contributed by atoms with Gasteiger partial charge in [0.2, 0.25) is 5.91 Å². The molecule has 0 saturated heterocycles. The highest BCUT2D eigenvalue weighted by Gasteiger charge is 2.11. The summed E-state index contributed by atoms with van der Waals surface area (Å²) >= 11 is 3.24. The number of pyridine rings is 1. The normalized spacial score (nSPS) is 10.6. The number of hydrogen-bond donors (Lipinski definition) is 1. The number of carbonyl (C=O) groups is 1. The highest BCUT2D eigenvalue weighted by Crippen LogP contribution is 2.25. The lowest BCUT2D eigenvalue weighted by atomic mass is 10.2. The van der Waals surface area contributed by atoms with Crippen LogP contribution in [0, 0.1) is 0 Å². The first-order chi connectivity index (χ1) is 11.0. The van der Waals surface area contributed by atoms with Crippen molar-refractivity contribution in [2.45, 2.75) is 19.6 Å². The summed E-state index contributed by atoms with van der Waals surface area (Å²) in [6, 6.07) is 8.90. The first-order valence-corrected chi connectivity index (χ1v) is 7.44. The maximum absolute atomic E-state index is 12.3. The van der Waals surface area contributed by atoms with E-state index < -0.39 is 12.5 Å². The zero-order chi connectivity index (χ0) is 16.8. The van der Waals surface area contributed by atoms with Gasteiger partial charge >= 0.3 is 6.61 Å². The van der Waals surface area contributed by atoms with Gasteiger partial charge in [-0.1, -0.05) is 12.1 Å². The molecule has 23 heavy (non-hydrogen) atoms. The van der Waals surface area contributed by atoms with Gasteiger partial charge in [-0.15, -0.1) is 0 Å². The van der Waals surface area contributed by atoms with E-state index in [1.54, 1.807) is 18.3 Å². The zero-order valence-corrected chi connectivity index (χ0v) is 13.4. The van der Waals surface area contributed by atoms with Crippen LogP contribution in [-0.2, 0) is 11.3 Å². The molecule has 0 saturated carbocycles. The van der Waals surface area contributed by atoms with E-state index in [0.717, 1.165) is 0 Å². The van der Waals surface area contributed by atoms with Gasteiger partial charge in [-0.05, 0) is 34.1 Å². The van der Waals surface area contributed by atoms with E-state index in [-0.39, 0.29) is 30.0 Å². The first-order valence-electron chi connectivity index (χ1n) is 6.65. The third kappa shape index (κ3) is 5.17. The number of rotatable bonds is 6. The lowest BCUT2D eigenvalue weighted by molar-refractivity contribution is -0.116. The number of nitrogens with zero attached hydrogens (tertiary/aromatic N) is 1. The third-order valence-electron chi connectivity index (χ3n) is 2.90. The predicted molar refractivity (Wildman–Crippen MR) is 84.7 cm³/mol. The Kier molecular flexibility index (Phi) is 5.86. The van der Waals surface area contributed by atoms with Gasteiger partial charge in [0.15, 0.2) is 0 Å². The second-order valence-corrected chi connectivity index (χ2v) is 5.47. The Morgan fingerprint density at radius 3 is 2.74 bits per heavy atom. The van der Waals surface area contributed by atoms with Crippen molar-refractivity contribution in [3.63, 3.8) is 0 Å². The molecule has 1 heterocycles. The summed E-state index contributed by atoms with van der Waals surface area (Å²) in [7, 11) is 0. The first kappa shape index (κ1) is 17.1. The number of alkyl halides is 2. The molecule has 1 amide bonds. The van der Waals surface area contributed by atoms with E-state index in [1.807, 2.05) is 0 Å². The molecule has 0 spiro atoms. The van der Waals surface area contributed by atoms with Crippen molar-refractivity contribution in [1.29, 1.82) is 0 Å². The molecular weight excluding hydrogens is 374 g/mol. The molecule has 5 nitrogen and oxygen atoms in total. The van der Waals surface area contributed by atoms with Crippen LogP contribution in [-0.4, -0.2) is 17.1 Å². The number of carbonyl (C=O) groups excluding carboxylic acids is 1. The van der Waals surface area contributed by atoms with Gasteiger partial charge in [0, 0.05) is 29.7 Å². The number of aromatic nitrogens is 1. The Labute approximate surface area is 139 Å². The van der Waals surface area contributed by atoms with Crippen LogP contribution in [0.25, 0.3) is 0 Å². The van der Waals surface area contributed by atoms with Crippen LogP contribution in [0.3, 0.4) is 0 Å². The minimum absolute atomic E-state index is 0.0133. The van der Waals surface area contributed by atoms with Crippen molar-refractivity contribution in [1.82, 2.24) is 4.57 Å². The number of benzene rings is 1.